The molecule has 0 radical (unpaired) electrons. The first-order valence-electron chi connectivity index (χ1n) is 42.1. The summed E-state index contributed by atoms with van der Waals surface area (Å²) in [6, 6.07) is 0. The molecule has 0 saturated carbocycles. The van der Waals surface area contributed by atoms with Gasteiger partial charge in [0.15, 0.2) is 6.10 Å². The van der Waals surface area contributed by atoms with Gasteiger partial charge in [0, 0.05) is 19.3 Å². The summed E-state index contributed by atoms with van der Waals surface area (Å²) in [6.45, 7) is 2.47. The second-order valence-corrected chi connectivity index (χ2v) is 30.8. The van der Waals surface area contributed by atoms with E-state index in [9.17, 15) is 43.5 Å². The summed E-state index contributed by atoms with van der Waals surface area (Å²) in [6.07, 6.45) is 100. The van der Waals surface area contributed by atoms with Crippen molar-refractivity contribution in [1.82, 2.24) is 0 Å². The van der Waals surface area contributed by atoms with Crippen molar-refractivity contribution in [3.63, 3.8) is 0 Å². The van der Waals surface area contributed by atoms with Crippen LogP contribution in [0.1, 0.15) is 342 Å². The number of esters is 3. The fourth-order valence-corrected chi connectivity index (χ4v) is 12.7. The van der Waals surface area contributed by atoms with Gasteiger partial charge in [-0.15, -0.1) is 0 Å². The zero-order valence-corrected chi connectivity index (χ0v) is 69.1. The molecule has 0 aliphatic heterocycles. The number of hydrogen-bond acceptors (Lipinski definition) is 14. The monoisotopic (exact) mass is 1540 g/mol. The predicted octanol–water partition coefficient (Wildman–Crippen LogP) is 25.2. The van der Waals surface area contributed by atoms with Gasteiger partial charge in [-0.05, 0) is 141 Å². The largest absolute Gasteiger partial charge is 0.472 e. The van der Waals surface area contributed by atoms with Gasteiger partial charge in [-0.25, -0.2) is 9.13 Å². The van der Waals surface area contributed by atoms with Crippen molar-refractivity contribution >= 4 is 33.6 Å². The first-order chi connectivity index (χ1) is 52.2. The summed E-state index contributed by atoms with van der Waals surface area (Å²) < 4.78 is 61.2. The minimum absolute atomic E-state index is 0.0856. The van der Waals surface area contributed by atoms with Crippen molar-refractivity contribution in [2.45, 2.75) is 360 Å². The molecule has 0 fully saturated rings. The summed E-state index contributed by atoms with van der Waals surface area (Å²) >= 11 is 0. The van der Waals surface area contributed by atoms with Gasteiger partial charge in [0.25, 0.3) is 0 Å². The first kappa shape index (κ1) is 102. The maximum Gasteiger partial charge on any atom is 0.472 e. The Bertz CT molecular complexity index is 2530. The Morgan fingerprint density at radius 2 is 0.514 bits per heavy atom. The van der Waals surface area contributed by atoms with Crippen molar-refractivity contribution in [2.75, 3.05) is 39.6 Å². The van der Waals surface area contributed by atoms with E-state index in [2.05, 4.69) is 167 Å². The molecule has 0 aromatic heterocycles. The van der Waals surface area contributed by atoms with Gasteiger partial charge in [0.1, 0.15) is 25.4 Å². The molecule has 5 atom stereocenters. The Morgan fingerprint density at radius 3 is 0.822 bits per heavy atom. The van der Waals surface area contributed by atoms with Gasteiger partial charge >= 0.3 is 33.6 Å². The van der Waals surface area contributed by atoms with Crippen LogP contribution >= 0.6 is 15.6 Å². The molecule has 5 unspecified atom stereocenters. The Hall–Kier alpha value is -4.57. The lowest BCUT2D eigenvalue weighted by atomic mass is 10.0. The predicted molar refractivity (Wildman–Crippen MR) is 445 cm³/mol. The number of aliphatic hydroxyl groups is 2. The van der Waals surface area contributed by atoms with E-state index in [1.807, 2.05) is 0 Å². The number of ether oxygens (including phenoxy) is 3. The number of aliphatic hydroxyl groups excluding tert-OH is 2. The van der Waals surface area contributed by atoms with E-state index in [0.29, 0.717) is 19.3 Å². The zero-order chi connectivity index (χ0) is 78.0. The molecule has 18 heteroatoms. The molecule has 0 heterocycles. The Kier molecular flexibility index (Phi) is 77.5. The molecule has 0 saturated heterocycles. The summed E-state index contributed by atoms with van der Waals surface area (Å²) in [4.78, 5) is 58.7. The number of phosphoric acid groups is 2. The second kappa shape index (κ2) is 80.9. The third-order valence-electron chi connectivity index (χ3n) is 17.5. The summed E-state index contributed by atoms with van der Waals surface area (Å²) in [7, 11) is -9.80. The quantitative estimate of drug-likeness (QED) is 0.0146. The zero-order valence-electron chi connectivity index (χ0n) is 67.3. The van der Waals surface area contributed by atoms with E-state index in [4.69, 9.17) is 32.3 Å². The smallest absolute Gasteiger partial charge is 0.463 e. The van der Waals surface area contributed by atoms with Gasteiger partial charge < -0.3 is 34.2 Å². The Morgan fingerprint density at radius 1 is 0.271 bits per heavy atom. The van der Waals surface area contributed by atoms with Crippen LogP contribution in [-0.4, -0.2) is 95.9 Å². The van der Waals surface area contributed by atoms with E-state index in [-0.39, 0.29) is 19.3 Å². The molecule has 4 N–H and O–H groups in total. The number of hydrogen-bond donors (Lipinski definition) is 4. The van der Waals surface area contributed by atoms with Crippen molar-refractivity contribution in [3.05, 3.63) is 146 Å². The number of unbranched alkanes of at least 4 members (excludes halogenated alkanes) is 32. The Balaban J connectivity index is 4.47. The van der Waals surface area contributed by atoms with Gasteiger partial charge in [-0.3, -0.25) is 32.5 Å². The molecular weight excluding hydrogens is 1390 g/mol. The molecule has 0 aromatic rings. The summed E-state index contributed by atoms with van der Waals surface area (Å²) in [5.74, 6) is -1.59. The highest BCUT2D eigenvalue weighted by molar-refractivity contribution is 7.47. The van der Waals surface area contributed by atoms with E-state index in [1.54, 1.807) is 0 Å². The Labute approximate surface area is 651 Å². The average molecular weight is 1540 g/mol. The van der Waals surface area contributed by atoms with Crippen LogP contribution in [0.3, 0.4) is 0 Å². The lowest BCUT2D eigenvalue weighted by molar-refractivity contribution is -0.161. The number of phosphoric ester groups is 2. The van der Waals surface area contributed by atoms with E-state index in [1.165, 1.54) is 116 Å². The first-order valence-corrected chi connectivity index (χ1v) is 45.1. The molecule has 0 rings (SSSR count). The van der Waals surface area contributed by atoms with E-state index >= 15 is 0 Å². The highest BCUT2D eigenvalue weighted by Crippen LogP contribution is 2.45. The van der Waals surface area contributed by atoms with E-state index < -0.39 is 91.5 Å². The lowest BCUT2D eigenvalue weighted by Crippen LogP contribution is -2.30. The van der Waals surface area contributed by atoms with Crippen LogP contribution in [0.25, 0.3) is 0 Å². The standard InChI is InChI=1S/C89H152O16P2/c1-4-7-10-13-16-19-22-25-27-29-31-33-35-37-39-40-41-42-44-46-47-49-51-53-55-58-60-63-66-69-72-75-87(92)99-78-84(90)79-101-106(95,96)102-80-85(91)81-103-107(97,98)104-83-86(105-89(94)77-74-71-68-65-62-57-24-21-18-15-12-9-6-3)82-100-88(93)76-73-70-67-64-61-59-56-54-52-50-48-45-43-38-36-34-32-30-28-26-23-20-17-14-11-8-5-2/h7,10,12,15-17,19-21,24-28,31-34,37-39,41-43,84-86,90-91H,4-6,8-9,11,13-14,18,22-23,29-30,35-36,40,44-83H2,1-3H3,(H,95,96)(H,97,98)/b10-7-,15-12-,19-16-,20-17-,24-21-,27-25-,28-26-,33-31-,34-32-,39-37-,42-41-,43-38-. The molecule has 0 amide bonds. The van der Waals surface area contributed by atoms with Crippen LogP contribution in [0.5, 0.6) is 0 Å². The average Bonchev–Trinajstić information content (AvgIpc) is 1.06. The molecular formula is C89H152O16P2. The molecule has 0 aliphatic carbocycles. The second-order valence-electron chi connectivity index (χ2n) is 27.9. The van der Waals surface area contributed by atoms with Crippen molar-refractivity contribution in [3.8, 4) is 0 Å². The number of rotatable bonds is 79. The maximum atomic E-state index is 13.0. The third kappa shape index (κ3) is 82.2. The minimum atomic E-state index is -4.94. The fourth-order valence-electron chi connectivity index (χ4n) is 11.1. The van der Waals surface area contributed by atoms with Gasteiger partial charge in [-0.1, -0.05) is 327 Å². The fraction of sp³-hybridized carbons (Fsp3) is 0.697. The van der Waals surface area contributed by atoms with Gasteiger partial charge in [0.05, 0.1) is 26.4 Å². The number of carbonyl (C=O) groups excluding carboxylic acids is 3. The highest BCUT2D eigenvalue weighted by atomic mass is 31.2. The molecule has 614 valence electrons. The van der Waals surface area contributed by atoms with E-state index in [0.717, 1.165) is 167 Å². The van der Waals surface area contributed by atoms with Gasteiger partial charge in [0.2, 0.25) is 0 Å². The number of carbonyl (C=O) groups is 3. The van der Waals surface area contributed by atoms with Crippen molar-refractivity contribution < 1.29 is 75.8 Å². The highest BCUT2D eigenvalue weighted by Gasteiger charge is 2.29. The molecule has 107 heavy (non-hydrogen) atoms. The van der Waals surface area contributed by atoms with Crippen LogP contribution in [0.15, 0.2) is 146 Å². The van der Waals surface area contributed by atoms with Crippen LogP contribution in [0.2, 0.25) is 0 Å². The molecule has 0 aliphatic rings. The summed E-state index contributed by atoms with van der Waals surface area (Å²) in [5.41, 5.74) is 0. The lowest BCUT2D eigenvalue weighted by Gasteiger charge is -2.21. The molecule has 0 aromatic carbocycles. The maximum absolute atomic E-state index is 13.0. The van der Waals surface area contributed by atoms with Crippen molar-refractivity contribution in [2.24, 2.45) is 0 Å². The normalized spacial score (nSPS) is 14.6. The van der Waals surface area contributed by atoms with Crippen LogP contribution in [-0.2, 0) is 55.8 Å². The minimum Gasteiger partial charge on any atom is -0.463 e. The number of allylic oxidation sites excluding steroid dienone is 24. The SMILES string of the molecule is CC/C=C\C/C=C\C/C=C\C/C=C\C/C=C\C/C=C\CCCCCCCCCCCCCCC(=O)OCC(O)COP(=O)(O)OCC(O)COP(=O)(O)OCC(COC(=O)CCCCCCCCCCCCC/C=C\C/C=C\C/C=C\C/C=C\CCCCC)OC(=O)CCCCCCC/C=C\C/C=C\CCC. The molecule has 0 spiro atoms. The van der Waals surface area contributed by atoms with Crippen LogP contribution in [0, 0.1) is 0 Å². The third-order valence-corrected chi connectivity index (χ3v) is 19.4. The molecule has 16 nitrogen and oxygen atoms in total. The van der Waals surface area contributed by atoms with Gasteiger partial charge in [-0.2, -0.15) is 0 Å². The van der Waals surface area contributed by atoms with Crippen LogP contribution in [0.4, 0.5) is 0 Å². The summed E-state index contributed by atoms with van der Waals surface area (Å²) in [5, 5.41) is 20.7. The van der Waals surface area contributed by atoms with Crippen LogP contribution < -0.4 is 0 Å². The topological polar surface area (TPSA) is 231 Å². The van der Waals surface area contributed by atoms with Crippen molar-refractivity contribution in [1.29, 1.82) is 0 Å². The molecule has 0 bridgehead atoms.